The van der Waals surface area contributed by atoms with Gasteiger partial charge in [-0.15, -0.1) is 0 Å². The fourth-order valence-electron chi connectivity index (χ4n) is 4.90. The topological polar surface area (TPSA) is 197 Å². The number of rotatable bonds is 11. The molecule has 258 valence electrons. The van der Waals surface area contributed by atoms with E-state index in [9.17, 15) is 27.9 Å². The molecular formula is C31H33Cl2N3O11S. The van der Waals surface area contributed by atoms with Crippen molar-refractivity contribution in [3.63, 3.8) is 0 Å². The van der Waals surface area contributed by atoms with Gasteiger partial charge in [0, 0.05) is 16.7 Å². The average molecular weight is 727 g/mol. The predicted molar refractivity (Wildman–Crippen MR) is 172 cm³/mol. The number of primary sulfonamides is 1. The third-order valence-corrected chi connectivity index (χ3v) is 8.88. The number of carbonyl (C=O) groups is 3. The molecular weight excluding hydrogens is 693 g/mol. The number of anilines is 1. The van der Waals surface area contributed by atoms with Crippen LogP contribution in [0.25, 0.3) is 0 Å². The molecule has 1 aliphatic heterocycles. The van der Waals surface area contributed by atoms with Gasteiger partial charge in [-0.05, 0) is 63.2 Å². The number of amides is 1. The minimum absolute atomic E-state index is 0.0440. The smallest absolute Gasteiger partial charge is 0.413 e. The number of hydrogen-bond donors (Lipinski definition) is 3. The lowest BCUT2D eigenvalue weighted by atomic mass is 9.90. The first-order valence-corrected chi connectivity index (χ1v) is 16.5. The molecule has 0 radical (unpaired) electrons. The number of furan rings is 1. The van der Waals surface area contributed by atoms with E-state index < -0.39 is 63.7 Å². The molecule has 4 N–H and O–H groups in total. The van der Waals surface area contributed by atoms with Gasteiger partial charge in [0.2, 0.25) is 22.6 Å². The number of halogens is 2. The summed E-state index contributed by atoms with van der Waals surface area (Å²) in [6, 6.07) is 11.0. The summed E-state index contributed by atoms with van der Waals surface area (Å²) in [6.45, 7) is 3.93. The second-order valence-corrected chi connectivity index (χ2v) is 13.5. The highest BCUT2D eigenvalue weighted by Gasteiger charge is 2.53. The summed E-state index contributed by atoms with van der Waals surface area (Å²) in [7, 11) is -4.28. The van der Waals surface area contributed by atoms with Gasteiger partial charge in [-0.3, -0.25) is 4.90 Å². The molecule has 0 unspecified atom stereocenters. The maximum Gasteiger partial charge on any atom is 0.413 e. The van der Waals surface area contributed by atoms with Crippen molar-refractivity contribution in [2.75, 3.05) is 25.3 Å². The molecule has 17 heteroatoms. The molecule has 0 bridgehead atoms. The number of nitrogens with two attached hydrogens (primary N) is 1. The lowest BCUT2D eigenvalue weighted by Crippen LogP contribution is -2.66. The third kappa shape index (κ3) is 8.66. The van der Waals surface area contributed by atoms with Gasteiger partial charge in [-0.2, -0.15) is 0 Å². The van der Waals surface area contributed by atoms with Gasteiger partial charge in [0.1, 0.15) is 17.3 Å². The molecule has 1 saturated heterocycles. The zero-order valence-corrected chi connectivity index (χ0v) is 28.3. The number of carbonyl (C=O) groups excluding carboxylic acids is 3. The Hall–Kier alpha value is -4.12. The molecule has 1 aromatic heterocycles. The highest BCUT2D eigenvalue weighted by atomic mass is 35.5. The second-order valence-electron chi connectivity index (χ2n) is 11.2. The fourth-order valence-corrected chi connectivity index (χ4v) is 6.19. The van der Waals surface area contributed by atoms with Crippen molar-refractivity contribution in [2.45, 2.75) is 49.6 Å². The van der Waals surface area contributed by atoms with Crippen LogP contribution in [0.2, 0.25) is 10.0 Å². The number of hydrogen-bond acceptors (Lipinski definition) is 12. The number of nitrogens with one attached hydrogen (secondary N) is 1. The Balaban J connectivity index is 1.32. The van der Waals surface area contributed by atoms with Gasteiger partial charge in [0.05, 0.1) is 47.3 Å². The summed E-state index contributed by atoms with van der Waals surface area (Å²) in [5, 5.41) is 19.7. The van der Waals surface area contributed by atoms with Crippen LogP contribution >= 0.6 is 23.2 Å². The van der Waals surface area contributed by atoms with E-state index in [0.29, 0.717) is 16.3 Å². The van der Waals surface area contributed by atoms with Crippen LogP contribution in [0.15, 0.2) is 76.3 Å². The summed E-state index contributed by atoms with van der Waals surface area (Å²) in [5.41, 5.74) is -0.610. The molecule has 3 aromatic rings. The Kier molecular flexibility index (Phi) is 11.4. The SMILES string of the molecule is C[C@@H]1N(C(=O)OCOC(=O)C=CCOC(=O)c2cc(S(N)(=O)=O)c(Cl)cc2NCc2ccco2)C(C)(C)CO[C@@]1(O)c1cccc(Cl)c1. The summed E-state index contributed by atoms with van der Waals surface area (Å²) in [5.74, 6) is -3.24. The average Bonchev–Trinajstić information content (AvgIpc) is 3.53. The minimum atomic E-state index is -4.28. The van der Waals surface area contributed by atoms with E-state index in [1.54, 1.807) is 51.1 Å². The lowest BCUT2D eigenvalue weighted by molar-refractivity contribution is -0.295. The van der Waals surface area contributed by atoms with Gasteiger partial charge in [-0.1, -0.05) is 35.3 Å². The molecule has 0 saturated carbocycles. The molecule has 48 heavy (non-hydrogen) atoms. The zero-order chi connectivity index (χ0) is 35.3. The fraction of sp³-hybridized carbons (Fsp3) is 0.323. The number of ether oxygens (including phenoxy) is 4. The summed E-state index contributed by atoms with van der Waals surface area (Å²) < 4.78 is 50.3. The van der Waals surface area contributed by atoms with E-state index in [4.69, 9.17) is 51.7 Å². The number of benzene rings is 2. The van der Waals surface area contributed by atoms with Crippen LogP contribution in [0.3, 0.4) is 0 Å². The van der Waals surface area contributed by atoms with E-state index in [0.717, 1.165) is 18.2 Å². The van der Waals surface area contributed by atoms with Gasteiger partial charge >= 0.3 is 18.0 Å². The molecule has 4 rings (SSSR count). The van der Waals surface area contributed by atoms with Crippen molar-refractivity contribution >= 4 is 56.9 Å². The highest BCUT2D eigenvalue weighted by molar-refractivity contribution is 7.89. The van der Waals surface area contributed by atoms with Crippen molar-refractivity contribution < 1.29 is 51.3 Å². The number of morpholine rings is 1. The van der Waals surface area contributed by atoms with Gasteiger partial charge in [-0.25, -0.2) is 27.9 Å². The number of nitrogens with zero attached hydrogens (tertiary/aromatic N) is 1. The van der Waals surface area contributed by atoms with Crippen molar-refractivity contribution in [1.29, 1.82) is 0 Å². The zero-order valence-electron chi connectivity index (χ0n) is 26.0. The first-order chi connectivity index (χ1) is 22.5. The van der Waals surface area contributed by atoms with Crippen LogP contribution in [0.4, 0.5) is 10.5 Å². The number of esters is 2. The molecule has 14 nitrogen and oxygen atoms in total. The summed E-state index contributed by atoms with van der Waals surface area (Å²) in [6.07, 6.45) is 2.68. The minimum Gasteiger partial charge on any atom is -0.467 e. The molecule has 2 atom stereocenters. The molecule has 2 heterocycles. The highest BCUT2D eigenvalue weighted by Crippen LogP contribution is 2.40. The van der Waals surface area contributed by atoms with Crippen LogP contribution in [0.1, 0.15) is 42.5 Å². The van der Waals surface area contributed by atoms with E-state index in [2.05, 4.69) is 5.32 Å². The Morgan fingerprint density at radius 3 is 2.54 bits per heavy atom. The van der Waals surface area contributed by atoms with Gasteiger partial charge < -0.3 is 33.8 Å². The van der Waals surface area contributed by atoms with Crippen LogP contribution in [0, 0.1) is 0 Å². The Labute approximate surface area is 286 Å². The Bertz CT molecular complexity index is 1800. The van der Waals surface area contributed by atoms with Gasteiger partial charge in [0.15, 0.2) is 0 Å². The molecule has 2 aromatic carbocycles. The third-order valence-electron chi connectivity index (χ3n) is 7.27. The van der Waals surface area contributed by atoms with Gasteiger partial charge in [0.25, 0.3) is 0 Å². The van der Waals surface area contributed by atoms with Crippen LogP contribution in [0.5, 0.6) is 0 Å². The van der Waals surface area contributed by atoms with Crippen LogP contribution < -0.4 is 10.5 Å². The van der Waals surface area contributed by atoms with Crippen molar-refractivity contribution in [3.05, 3.63) is 93.9 Å². The first kappa shape index (κ1) is 36.7. The monoisotopic (exact) mass is 725 g/mol. The van der Waals surface area contributed by atoms with Crippen LogP contribution in [-0.4, -0.2) is 68.0 Å². The van der Waals surface area contributed by atoms with Crippen LogP contribution in [-0.2, 0) is 46.1 Å². The maximum absolute atomic E-state index is 13.1. The maximum atomic E-state index is 13.1. The standard InChI is InChI=1S/C31H33Cl2N3O11S/c1-19-31(40,20-7-4-8-21(32)13-20)47-17-30(2,3)36(19)29(39)46-18-45-27(37)10-6-12-44-28(38)23-14-26(48(34,41)42)24(33)15-25(23)35-16-22-9-5-11-43-22/h4-11,13-15,19,35,40H,12,16-18H2,1-3H3,(H2,34,41,42)/t19-,31+/m0/s1. The largest absolute Gasteiger partial charge is 0.467 e. The quantitative estimate of drug-likeness (QED) is 0.142. The normalized spacial score (nSPS) is 19.1. The molecule has 1 fully saturated rings. The molecule has 0 spiro atoms. The van der Waals surface area contributed by atoms with E-state index >= 15 is 0 Å². The molecule has 0 aliphatic carbocycles. The van der Waals surface area contributed by atoms with E-state index in [-0.39, 0.29) is 29.4 Å². The second kappa shape index (κ2) is 15.0. The number of aliphatic hydroxyl groups is 1. The molecule has 1 aliphatic rings. The van der Waals surface area contributed by atoms with E-state index in [1.807, 2.05) is 0 Å². The Morgan fingerprint density at radius 1 is 1.12 bits per heavy atom. The lowest BCUT2D eigenvalue weighted by Gasteiger charge is -2.52. The Morgan fingerprint density at radius 2 is 1.88 bits per heavy atom. The summed E-state index contributed by atoms with van der Waals surface area (Å²) in [4.78, 5) is 39.0. The van der Waals surface area contributed by atoms with E-state index in [1.165, 1.54) is 23.3 Å². The first-order valence-electron chi connectivity index (χ1n) is 14.2. The van der Waals surface area contributed by atoms with Crippen molar-refractivity contribution in [2.24, 2.45) is 5.14 Å². The summed E-state index contributed by atoms with van der Waals surface area (Å²) >= 11 is 12.2. The number of sulfonamides is 1. The molecule has 1 amide bonds. The predicted octanol–water partition coefficient (Wildman–Crippen LogP) is 4.54. The van der Waals surface area contributed by atoms with Crippen molar-refractivity contribution in [1.82, 2.24) is 4.90 Å². The van der Waals surface area contributed by atoms with Crippen molar-refractivity contribution in [3.8, 4) is 0 Å².